The van der Waals surface area contributed by atoms with Gasteiger partial charge in [-0.3, -0.25) is 0 Å². The third-order valence-electron chi connectivity index (χ3n) is 6.54. The number of benzene rings is 3. The van der Waals surface area contributed by atoms with Crippen molar-refractivity contribution in [2.24, 2.45) is 5.92 Å². The van der Waals surface area contributed by atoms with Crippen LogP contribution in [0.3, 0.4) is 0 Å². The molecule has 1 atom stereocenters. The van der Waals surface area contributed by atoms with Crippen LogP contribution in [0.5, 0.6) is 0 Å². The van der Waals surface area contributed by atoms with E-state index in [-0.39, 0.29) is 0 Å². The Morgan fingerprint density at radius 2 is 1.26 bits per heavy atom. The molecule has 2 aliphatic carbocycles. The summed E-state index contributed by atoms with van der Waals surface area (Å²) in [7, 11) is 0. The molecule has 3 aromatic carbocycles. The van der Waals surface area contributed by atoms with Crippen LogP contribution >= 0.6 is 0 Å². The summed E-state index contributed by atoms with van der Waals surface area (Å²) in [5.41, 5.74) is 12.1. The van der Waals surface area contributed by atoms with Crippen molar-refractivity contribution in [1.29, 1.82) is 0 Å². The van der Waals surface area contributed by atoms with Gasteiger partial charge in [0.05, 0.1) is 0 Å². The van der Waals surface area contributed by atoms with E-state index >= 15 is 0 Å². The van der Waals surface area contributed by atoms with E-state index in [0.717, 1.165) is 6.42 Å². The molecule has 0 N–H and O–H groups in total. The first kappa shape index (κ1) is 30.3. The number of allylic oxidation sites excluding steroid dienone is 9. The molecule has 0 fully saturated rings. The van der Waals surface area contributed by atoms with Gasteiger partial charge in [-0.2, -0.15) is 0 Å². The number of hydrogen-bond donors (Lipinski definition) is 0. The Kier molecular flexibility index (Phi) is 12.8. The van der Waals surface area contributed by atoms with Gasteiger partial charge < -0.3 is 0 Å². The Morgan fingerprint density at radius 1 is 0.711 bits per heavy atom. The highest BCUT2D eigenvalue weighted by Gasteiger charge is 2.22. The first-order valence-electron chi connectivity index (χ1n) is 13.9. The zero-order valence-electron chi connectivity index (χ0n) is 24.2. The zero-order valence-corrected chi connectivity index (χ0v) is 24.2. The second-order valence-electron chi connectivity index (χ2n) is 8.61. The summed E-state index contributed by atoms with van der Waals surface area (Å²) in [6.07, 6.45) is 11.5. The Morgan fingerprint density at radius 3 is 1.79 bits per heavy atom. The maximum atomic E-state index is 3.88. The molecular formula is C38H44. The van der Waals surface area contributed by atoms with Crippen LogP contribution in [0.25, 0.3) is 11.1 Å². The molecule has 0 bridgehead atoms. The fraction of sp³-hybridized carbons (Fsp3) is 0.211. The number of fused-ring (bicyclic) bond motifs is 1. The van der Waals surface area contributed by atoms with Crippen LogP contribution in [-0.2, 0) is 6.42 Å². The molecule has 196 valence electrons. The van der Waals surface area contributed by atoms with Gasteiger partial charge in [-0.05, 0) is 63.5 Å². The van der Waals surface area contributed by atoms with Gasteiger partial charge in [0.1, 0.15) is 0 Å². The van der Waals surface area contributed by atoms with Gasteiger partial charge in [0.25, 0.3) is 0 Å². The minimum absolute atomic E-state index is 0.410. The summed E-state index contributed by atoms with van der Waals surface area (Å²) in [5.74, 6) is 0.410. The summed E-state index contributed by atoms with van der Waals surface area (Å²) in [6.45, 7) is 20.0. The monoisotopic (exact) mass is 500 g/mol. The first-order valence-corrected chi connectivity index (χ1v) is 13.9. The van der Waals surface area contributed by atoms with E-state index in [1.807, 2.05) is 45.9 Å². The van der Waals surface area contributed by atoms with E-state index in [0.29, 0.717) is 5.92 Å². The highest BCUT2D eigenvalue weighted by atomic mass is 14.3. The van der Waals surface area contributed by atoms with Crippen molar-refractivity contribution in [2.75, 3.05) is 0 Å². The Labute approximate surface area is 232 Å². The largest absolute Gasteiger partial charge is 0.0987 e. The van der Waals surface area contributed by atoms with Crippen LogP contribution in [0.2, 0.25) is 0 Å². The maximum Gasteiger partial charge on any atom is 0.00728 e. The van der Waals surface area contributed by atoms with E-state index in [1.165, 1.54) is 50.1 Å². The van der Waals surface area contributed by atoms with E-state index in [2.05, 4.69) is 124 Å². The predicted molar refractivity (Wildman–Crippen MR) is 171 cm³/mol. The molecule has 0 heteroatoms. The minimum Gasteiger partial charge on any atom is -0.0987 e. The molecule has 0 amide bonds. The molecule has 2 aliphatic rings. The van der Waals surface area contributed by atoms with E-state index in [1.54, 1.807) is 0 Å². The summed E-state index contributed by atoms with van der Waals surface area (Å²) >= 11 is 0. The molecule has 0 heterocycles. The van der Waals surface area contributed by atoms with Crippen LogP contribution in [0.15, 0.2) is 145 Å². The lowest BCUT2D eigenvalue weighted by molar-refractivity contribution is 0.929. The molecular weight excluding hydrogens is 456 g/mol. The van der Waals surface area contributed by atoms with Crippen LogP contribution in [0.1, 0.15) is 63.8 Å². The fourth-order valence-corrected chi connectivity index (χ4v) is 4.90. The van der Waals surface area contributed by atoms with Gasteiger partial charge >= 0.3 is 0 Å². The first-order chi connectivity index (χ1) is 18.7. The second-order valence-corrected chi connectivity index (χ2v) is 8.61. The molecule has 0 saturated carbocycles. The van der Waals surface area contributed by atoms with Crippen LogP contribution in [-0.4, -0.2) is 0 Å². The summed E-state index contributed by atoms with van der Waals surface area (Å²) in [5, 5.41) is 0. The lowest BCUT2D eigenvalue weighted by atomic mass is 9.92. The van der Waals surface area contributed by atoms with Crippen molar-refractivity contribution in [3.63, 3.8) is 0 Å². The zero-order chi connectivity index (χ0) is 27.9. The van der Waals surface area contributed by atoms with E-state index in [4.69, 9.17) is 0 Å². The average molecular weight is 501 g/mol. The normalized spacial score (nSPS) is 15.3. The standard InChI is InChI=1S/C18H16.C16H16.2C2H6/c1-2-8-16-13-15-11-6-7-12-17(15)18(16)14-9-4-3-5-10-14;1-4-13-11-16(12(3)15(13)5-2)14-9-7-6-8-10-14;2*1-2/h2-12H,13H2,1H3;4-12H,1-2H2,3H3;2*1-2H3/b8-2-;;;. The third kappa shape index (κ3) is 7.11. The number of hydrogen-bond acceptors (Lipinski definition) is 0. The van der Waals surface area contributed by atoms with Crippen molar-refractivity contribution in [1.82, 2.24) is 0 Å². The number of rotatable bonds is 5. The summed E-state index contributed by atoms with van der Waals surface area (Å²) in [4.78, 5) is 0. The van der Waals surface area contributed by atoms with Crippen molar-refractivity contribution < 1.29 is 0 Å². The molecule has 0 spiro atoms. The molecule has 0 saturated heterocycles. The summed E-state index contributed by atoms with van der Waals surface area (Å²) < 4.78 is 0. The van der Waals surface area contributed by atoms with Crippen molar-refractivity contribution in [2.45, 2.75) is 48.0 Å². The predicted octanol–water partition coefficient (Wildman–Crippen LogP) is 11.1. The van der Waals surface area contributed by atoms with Crippen LogP contribution < -0.4 is 0 Å². The van der Waals surface area contributed by atoms with E-state index in [9.17, 15) is 0 Å². The molecule has 38 heavy (non-hydrogen) atoms. The average Bonchev–Trinajstić information content (AvgIpc) is 3.53. The lowest BCUT2D eigenvalue weighted by Gasteiger charge is -2.12. The van der Waals surface area contributed by atoms with E-state index < -0.39 is 0 Å². The molecule has 0 nitrogen and oxygen atoms in total. The topological polar surface area (TPSA) is 0 Å². The molecule has 5 rings (SSSR count). The quantitative estimate of drug-likeness (QED) is 0.327. The fourth-order valence-electron chi connectivity index (χ4n) is 4.90. The Bertz CT molecular complexity index is 1290. The molecule has 1 unspecified atom stereocenters. The van der Waals surface area contributed by atoms with Crippen molar-refractivity contribution in [3.05, 3.63) is 167 Å². The van der Waals surface area contributed by atoms with Gasteiger partial charge in [-0.1, -0.05) is 163 Å². The SMILES string of the molecule is C/C=C\C1=C(c2ccccc2)c2ccccc2C1.C=CC1=C(C=C)C(C)C(c2ccccc2)=C1.CC.CC. The maximum absolute atomic E-state index is 3.88. The van der Waals surface area contributed by atoms with Gasteiger partial charge in [-0.25, -0.2) is 0 Å². The second kappa shape index (κ2) is 16.0. The minimum atomic E-state index is 0.410. The van der Waals surface area contributed by atoms with Gasteiger partial charge in [0.15, 0.2) is 0 Å². The highest BCUT2D eigenvalue weighted by Crippen LogP contribution is 2.39. The van der Waals surface area contributed by atoms with Crippen molar-refractivity contribution in [3.8, 4) is 0 Å². The van der Waals surface area contributed by atoms with Crippen molar-refractivity contribution >= 4 is 11.1 Å². The van der Waals surface area contributed by atoms with Gasteiger partial charge in [-0.15, -0.1) is 0 Å². The lowest BCUT2D eigenvalue weighted by Crippen LogP contribution is -1.96. The smallest absolute Gasteiger partial charge is 0.00728 e. The van der Waals surface area contributed by atoms with Crippen LogP contribution in [0, 0.1) is 5.92 Å². The third-order valence-corrected chi connectivity index (χ3v) is 6.54. The Hall–Kier alpha value is -3.90. The van der Waals surface area contributed by atoms with Gasteiger partial charge in [0, 0.05) is 5.92 Å². The van der Waals surface area contributed by atoms with Gasteiger partial charge in [0.2, 0.25) is 0 Å². The molecule has 0 radical (unpaired) electrons. The molecule has 0 aromatic heterocycles. The molecule has 0 aliphatic heterocycles. The molecule has 3 aromatic rings. The highest BCUT2D eigenvalue weighted by molar-refractivity contribution is 5.88. The van der Waals surface area contributed by atoms with Crippen LogP contribution in [0.4, 0.5) is 0 Å². The Balaban J connectivity index is 0.000000238. The summed E-state index contributed by atoms with van der Waals surface area (Å²) in [6, 6.07) is 29.9.